The van der Waals surface area contributed by atoms with Gasteiger partial charge in [0.25, 0.3) is 5.91 Å². The number of hydrogen-bond acceptors (Lipinski definition) is 4. The van der Waals surface area contributed by atoms with Crippen LogP contribution in [0.5, 0.6) is 0 Å². The number of nitrogens with one attached hydrogen (secondary N) is 1. The van der Waals surface area contributed by atoms with Crippen molar-refractivity contribution in [2.75, 3.05) is 16.8 Å². The number of piperidine rings is 1. The zero-order chi connectivity index (χ0) is 18.7. The van der Waals surface area contributed by atoms with Gasteiger partial charge in [-0.25, -0.2) is 0 Å². The maximum absolute atomic E-state index is 13.3. The number of nitro groups is 1. The van der Waals surface area contributed by atoms with Crippen molar-refractivity contribution in [1.29, 1.82) is 0 Å². The van der Waals surface area contributed by atoms with E-state index in [9.17, 15) is 24.1 Å². The van der Waals surface area contributed by atoms with Gasteiger partial charge in [0.1, 0.15) is 0 Å². The molecule has 1 saturated heterocycles. The molecule has 0 unspecified atom stereocenters. The number of carbonyl (C=O) groups is 2. The van der Waals surface area contributed by atoms with Gasteiger partial charge in [-0.05, 0) is 49.2 Å². The van der Waals surface area contributed by atoms with Crippen LogP contribution in [0.3, 0.4) is 0 Å². The van der Waals surface area contributed by atoms with Crippen LogP contribution in [0.15, 0.2) is 42.5 Å². The summed E-state index contributed by atoms with van der Waals surface area (Å²) in [5.41, 5.74) is 0.467. The van der Waals surface area contributed by atoms with Gasteiger partial charge in [-0.1, -0.05) is 0 Å². The van der Waals surface area contributed by atoms with Crippen LogP contribution in [0.2, 0.25) is 0 Å². The molecule has 1 aliphatic rings. The van der Waals surface area contributed by atoms with Gasteiger partial charge in [-0.3, -0.25) is 19.7 Å². The Bertz CT molecular complexity index is 867. The lowest BCUT2D eigenvalue weighted by atomic mass is 10.1. The molecule has 0 saturated carbocycles. The van der Waals surface area contributed by atoms with Gasteiger partial charge >= 0.3 is 5.69 Å². The van der Waals surface area contributed by atoms with Crippen LogP contribution in [0.4, 0.5) is 21.5 Å². The van der Waals surface area contributed by atoms with E-state index in [0.29, 0.717) is 18.5 Å². The molecule has 7 nitrogen and oxygen atoms in total. The first-order valence-corrected chi connectivity index (χ1v) is 8.11. The Morgan fingerprint density at radius 1 is 1.15 bits per heavy atom. The molecule has 2 amide bonds. The summed E-state index contributed by atoms with van der Waals surface area (Å²) in [6.45, 7) is 0.656. The van der Waals surface area contributed by atoms with Crippen LogP contribution in [0.25, 0.3) is 0 Å². The molecule has 26 heavy (non-hydrogen) atoms. The summed E-state index contributed by atoms with van der Waals surface area (Å²) < 4.78 is 13.3. The van der Waals surface area contributed by atoms with Crippen molar-refractivity contribution in [1.82, 2.24) is 0 Å². The Balaban J connectivity index is 1.73. The highest BCUT2D eigenvalue weighted by atomic mass is 19.1. The molecule has 0 radical (unpaired) electrons. The number of halogens is 1. The molecular formula is C18H16FN3O4. The van der Waals surface area contributed by atoms with Gasteiger partial charge in [0.2, 0.25) is 11.7 Å². The second-order valence-corrected chi connectivity index (χ2v) is 5.93. The minimum absolute atomic E-state index is 0.0621. The minimum Gasteiger partial charge on any atom is -0.322 e. The van der Waals surface area contributed by atoms with E-state index in [1.165, 1.54) is 6.07 Å². The van der Waals surface area contributed by atoms with Crippen molar-refractivity contribution in [2.24, 2.45) is 0 Å². The maximum Gasteiger partial charge on any atom is 0.306 e. The third kappa shape index (κ3) is 3.69. The summed E-state index contributed by atoms with van der Waals surface area (Å²) in [7, 11) is 0. The Morgan fingerprint density at radius 2 is 1.88 bits per heavy atom. The highest BCUT2D eigenvalue weighted by molar-refractivity contribution is 6.05. The fourth-order valence-electron chi connectivity index (χ4n) is 2.81. The lowest BCUT2D eigenvalue weighted by molar-refractivity contribution is -0.387. The molecule has 3 rings (SSSR count). The molecule has 8 heteroatoms. The average molecular weight is 357 g/mol. The Kier molecular flexibility index (Phi) is 4.92. The Hall–Kier alpha value is -3.29. The van der Waals surface area contributed by atoms with Crippen molar-refractivity contribution < 1.29 is 18.9 Å². The first kappa shape index (κ1) is 17.5. The second-order valence-electron chi connectivity index (χ2n) is 5.93. The van der Waals surface area contributed by atoms with E-state index in [4.69, 9.17) is 0 Å². The quantitative estimate of drug-likeness (QED) is 0.669. The van der Waals surface area contributed by atoms with Gasteiger partial charge in [-0.2, -0.15) is 4.39 Å². The standard InChI is InChI=1S/C18H16FN3O4/c19-15-9-6-13(11-16(15)22(25)26)20-18(24)12-4-7-14(8-5-12)21-10-2-1-3-17(21)23/h4-9,11H,1-3,10H2,(H,20,24). The van der Waals surface area contributed by atoms with Crippen molar-refractivity contribution in [3.8, 4) is 0 Å². The minimum atomic E-state index is -0.969. The molecule has 1 N–H and O–H groups in total. The first-order chi connectivity index (χ1) is 12.5. The number of carbonyl (C=O) groups excluding carboxylic acids is 2. The molecule has 1 fully saturated rings. The lowest BCUT2D eigenvalue weighted by Gasteiger charge is -2.26. The van der Waals surface area contributed by atoms with Gasteiger partial charge in [0.15, 0.2) is 0 Å². The third-order valence-corrected chi connectivity index (χ3v) is 4.17. The van der Waals surface area contributed by atoms with E-state index in [1.54, 1.807) is 29.2 Å². The second kappa shape index (κ2) is 7.30. The molecule has 0 atom stereocenters. The van der Waals surface area contributed by atoms with Crippen LogP contribution >= 0.6 is 0 Å². The molecule has 2 aromatic carbocycles. The highest BCUT2D eigenvalue weighted by Gasteiger charge is 2.20. The fourth-order valence-corrected chi connectivity index (χ4v) is 2.81. The average Bonchev–Trinajstić information content (AvgIpc) is 2.63. The van der Waals surface area contributed by atoms with Crippen molar-refractivity contribution in [2.45, 2.75) is 19.3 Å². The lowest BCUT2D eigenvalue weighted by Crippen LogP contribution is -2.35. The summed E-state index contributed by atoms with van der Waals surface area (Å²) in [5, 5.41) is 13.3. The molecule has 0 aromatic heterocycles. The normalized spacial score (nSPS) is 14.2. The van der Waals surface area contributed by atoms with Crippen molar-refractivity contribution in [3.05, 3.63) is 64.0 Å². The first-order valence-electron chi connectivity index (χ1n) is 8.11. The Labute approximate surface area is 148 Å². The molecule has 134 valence electrons. The summed E-state index contributed by atoms with van der Waals surface area (Å²) in [6.07, 6.45) is 2.35. The SMILES string of the molecule is O=C(Nc1ccc(F)c([N+](=O)[O-])c1)c1ccc(N2CCCCC2=O)cc1. The maximum atomic E-state index is 13.3. The highest BCUT2D eigenvalue weighted by Crippen LogP contribution is 2.24. The largest absolute Gasteiger partial charge is 0.322 e. The van der Waals surface area contributed by atoms with Crippen LogP contribution < -0.4 is 10.2 Å². The van der Waals surface area contributed by atoms with E-state index < -0.39 is 22.3 Å². The molecule has 0 spiro atoms. The zero-order valence-electron chi connectivity index (χ0n) is 13.8. The summed E-state index contributed by atoms with van der Waals surface area (Å²) in [6, 6.07) is 9.67. The smallest absolute Gasteiger partial charge is 0.306 e. The van der Waals surface area contributed by atoms with Gasteiger partial charge in [0.05, 0.1) is 4.92 Å². The number of rotatable bonds is 4. The van der Waals surface area contributed by atoms with Crippen LogP contribution in [0, 0.1) is 15.9 Å². The number of benzene rings is 2. The molecule has 0 bridgehead atoms. The van der Waals surface area contributed by atoms with Crippen LogP contribution in [0.1, 0.15) is 29.6 Å². The van der Waals surface area contributed by atoms with E-state index in [2.05, 4.69) is 5.32 Å². The number of nitro benzene ring substituents is 1. The topological polar surface area (TPSA) is 92.5 Å². The van der Waals surface area contributed by atoms with E-state index in [0.717, 1.165) is 30.7 Å². The molecule has 1 aliphatic heterocycles. The molecule has 0 aliphatic carbocycles. The van der Waals surface area contributed by atoms with E-state index in [-0.39, 0.29) is 11.6 Å². The van der Waals surface area contributed by atoms with Crippen molar-refractivity contribution in [3.63, 3.8) is 0 Å². The number of anilines is 2. The Morgan fingerprint density at radius 3 is 2.54 bits per heavy atom. The van der Waals surface area contributed by atoms with E-state index in [1.807, 2.05) is 0 Å². The number of amides is 2. The summed E-state index contributed by atoms with van der Waals surface area (Å²) in [4.78, 5) is 35.8. The van der Waals surface area contributed by atoms with Gasteiger partial charge in [0, 0.05) is 36.0 Å². The number of hydrogen-bond donors (Lipinski definition) is 1. The molecule has 1 heterocycles. The van der Waals surface area contributed by atoms with Crippen LogP contribution in [-0.2, 0) is 4.79 Å². The zero-order valence-corrected chi connectivity index (χ0v) is 13.8. The van der Waals surface area contributed by atoms with E-state index >= 15 is 0 Å². The predicted molar refractivity (Wildman–Crippen MR) is 93.7 cm³/mol. The number of nitrogens with zero attached hydrogens (tertiary/aromatic N) is 2. The van der Waals surface area contributed by atoms with Crippen molar-refractivity contribution >= 4 is 28.9 Å². The predicted octanol–water partition coefficient (Wildman–Crippen LogP) is 3.50. The monoisotopic (exact) mass is 357 g/mol. The van der Waals surface area contributed by atoms with Gasteiger partial charge < -0.3 is 10.2 Å². The van der Waals surface area contributed by atoms with Crippen LogP contribution in [-0.4, -0.2) is 23.3 Å². The molecular weight excluding hydrogens is 341 g/mol. The summed E-state index contributed by atoms with van der Waals surface area (Å²) >= 11 is 0. The fraction of sp³-hybridized carbons (Fsp3) is 0.222. The molecule has 2 aromatic rings. The summed E-state index contributed by atoms with van der Waals surface area (Å²) in [5.74, 6) is -1.39. The van der Waals surface area contributed by atoms with Gasteiger partial charge in [-0.15, -0.1) is 0 Å². The third-order valence-electron chi connectivity index (χ3n) is 4.17.